The second kappa shape index (κ2) is 6.87. The van der Waals surface area contributed by atoms with E-state index in [2.05, 4.69) is 48.5 Å². The van der Waals surface area contributed by atoms with Crippen LogP contribution in [0.25, 0.3) is 0 Å². The van der Waals surface area contributed by atoms with Gasteiger partial charge in [0.1, 0.15) is 0 Å². The van der Waals surface area contributed by atoms with E-state index in [4.69, 9.17) is 0 Å². The molecule has 2 nitrogen and oxygen atoms in total. The molecular weight excluding hydrogens is 252 g/mol. The van der Waals surface area contributed by atoms with E-state index in [9.17, 15) is 0 Å². The Balaban J connectivity index is 1.88. The van der Waals surface area contributed by atoms with Gasteiger partial charge in [-0.1, -0.05) is 26.8 Å². The molecule has 1 atom stereocenters. The van der Waals surface area contributed by atoms with Crippen molar-refractivity contribution in [1.29, 1.82) is 0 Å². The van der Waals surface area contributed by atoms with Crippen LogP contribution in [0.3, 0.4) is 0 Å². The van der Waals surface area contributed by atoms with Gasteiger partial charge in [0.2, 0.25) is 0 Å². The van der Waals surface area contributed by atoms with E-state index in [1.807, 2.05) is 11.3 Å². The fourth-order valence-electron chi connectivity index (χ4n) is 3.01. The van der Waals surface area contributed by atoms with Crippen molar-refractivity contribution in [3.05, 3.63) is 22.4 Å². The molecule has 1 N–H and O–H groups in total. The zero-order valence-electron chi connectivity index (χ0n) is 12.6. The summed E-state index contributed by atoms with van der Waals surface area (Å²) in [5, 5.41) is 5.88. The van der Waals surface area contributed by atoms with Crippen molar-refractivity contribution in [2.45, 2.75) is 51.5 Å². The van der Waals surface area contributed by atoms with Gasteiger partial charge in [-0.15, -0.1) is 11.3 Å². The van der Waals surface area contributed by atoms with Crippen molar-refractivity contribution in [2.24, 2.45) is 0 Å². The lowest BCUT2D eigenvalue weighted by Crippen LogP contribution is -2.49. The van der Waals surface area contributed by atoms with Crippen molar-refractivity contribution in [2.75, 3.05) is 26.2 Å². The molecule has 0 radical (unpaired) electrons. The molecule has 1 aliphatic heterocycles. The van der Waals surface area contributed by atoms with E-state index in [-0.39, 0.29) is 5.41 Å². The van der Waals surface area contributed by atoms with Crippen LogP contribution in [0.15, 0.2) is 17.5 Å². The highest BCUT2D eigenvalue weighted by Crippen LogP contribution is 2.29. The quantitative estimate of drug-likeness (QED) is 0.858. The molecule has 108 valence electrons. The normalized spacial score (nSPS) is 21.7. The number of nitrogens with zero attached hydrogens (tertiary/aromatic N) is 1. The van der Waals surface area contributed by atoms with Gasteiger partial charge < -0.3 is 10.2 Å². The van der Waals surface area contributed by atoms with E-state index >= 15 is 0 Å². The number of hydrogen-bond acceptors (Lipinski definition) is 3. The molecule has 1 fully saturated rings. The molecule has 0 saturated carbocycles. The van der Waals surface area contributed by atoms with E-state index in [0.717, 1.165) is 6.54 Å². The minimum atomic E-state index is 0.279. The van der Waals surface area contributed by atoms with Crippen LogP contribution in [0.5, 0.6) is 0 Å². The molecule has 0 aromatic carbocycles. The minimum Gasteiger partial charge on any atom is -0.313 e. The number of likely N-dealkylation sites (tertiary alicyclic amines) is 1. The predicted molar refractivity (Wildman–Crippen MR) is 85.1 cm³/mol. The molecule has 1 aromatic heterocycles. The SMILES string of the molecule is CCCNC1CCCN(CC(C)(C)c2cccs2)C1. The number of hydrogen-bond donors (Lipinski definition) is 1. The third-order valence-corrected chi connectivity index (χ3v) is 5.23. The first-order valence-electron chi connectivity index (χ1n) is 7.61. The highest BCUT2D eigenvalue weighted by Gasteiger charge is 2.28. The van der Waals surface area contributed by atoms with Crippen LogP contribution in [0.2, 0.25) is 0 Å². The molecule has 0 amide bonds. The maximum absolute atomic E-state index is 3.68. The minimum absolute atomic E-state index is 0.279. The number of thiophene rings is 1. The zero-order chi connectivity index (χ0) is 13.7. The Morgan fingerprint density at radius 1 is 1.47 bits per heavy atom. The molecule has 2 rings (SSSR count). The van der Waals surface area contributed by atoms with Gasteiger partial charge in [0.25, 0.3) is 0 Å². The largest absolute Gasteiger partial charge is 0.313 e. The summed E-state index contributed by atoms with van der Waals surface area (Å²) in [6.45, 7) is 11.8. The highest BCUT2D eigenvalue weighted by atomic mass is 32.1. The summed E-state index contributed by atoms with van der Waals surface area (Å²) < 4.78 is 0. The van der Waals surface area contributed by atoms with Gasteiger partial charge in [-0.3, -0.25) is 0 Å². The molecule has 2 heterocycles. The summed E-state index contributed by atoms with van der Waals surface area (Å²) in [5.74, 6) is 0. The Morgan fingerprint density at radius 3 is 3.00 bits per heavy atom. The number of piperidine rings is 1. The Morgan fingerprint density at radius 2 is 2.32 bits per heavy atom. The van der Waals surface area contributed by atoms with E-state index in [1.54, 1.807) is 0 Å². The Labute approximate surface area is 122 Å². The first-order chi connectivity index (χ1) is 9.12. The number of rotatable bonds is 6. The van der Waals surface area contributed by atoms with Crippen molar-refractivity contribution in [3.8, 4) is 0 Å². The maximum atomic E-state index is 3.68. The summed E-state index contributed by atoms with van der Waals surface area (Å²) in [5.41, 5.74) is 0.279. The topological polar surface area (TPSA) is 15.3 Å². The maximum Gasteiger partial charge on any atom is 0.0195 e. The van der Waals surface area contributed by atoms with Gasteiger partial charge >= 0.3 is 0 Å². The molecule has 19 heavy (non-hydrogen) atoms. The fraction of sp³-hybridized carbons (Fsp3) is 0.750. The van der Waals surface area contributed by atoms with Gasteiger partial charge in [-0.2, -0.15) is 0 Å². The molecule has 0 spiro atoms. The van der Waals surface area contributed by atoms with Gasteiger partial charge in [0, 0.05) is 29.4 Å². The summed E-state index contributed by atoms with van der Waals surface area (Å²) >= 11 is 1.89. The van der Waals surface area contributed by atoms with Crippen LogP contribution in [0.1, 0.15) is 44.9 Å². The van der Waals surface area contributed by atoms with Crippen LogP contribution < -0.4 is 5.32 Å². The number of nitrogens with one attached hydrogen (secondary N) is 1. The van der Waals surface area contributed by atoms with Crippen molar-refractivity contribution < 1.29 is 0 Å². The van der Waals surface area contributed by atoms with Crippen molar-refractivity contribution in [1.82, 2.24) is 10.2 Å². The molecule has 1 unspecified atom stereocenters. The second-order valence-electron chi connectivity index (χ2n) is 6.39. The first kappa shape index (κ1) is 15.0. The third-order valence-electron chi connectivity index (χ3n) is 4.00. The van der Waals surface area contributed by atoms with E-state index in [1.165, 1.54) is 43.8 Å². The molecule has 0 aliphatic carbocycles. The molecular formula is C16H28N2S. The van der Waals surface area contributed by atoms with Crippen LogP contribution in [0.4, 0.5) is 0 Å². The molecule has 3 heteroatoms. The Kier molecular flexibility index (Phi) is 5.43. The fourth-order valence-corrected chi connectivity index (χ4v) is 3.86. The smallest absolute Gasteiger partial charge is 0.0195 e. The summed E-state index contributed by atoms with van der Waals surface area (Å²) in [4.78, 5) is 4.16. The summed E-state index contributed by atoms with van der Waals surface area (Å²) in [6.07, 6.45) is 3.91. The van der Waals surface area contributed by atoms with Crippen molar-refractivity contribution >= 4 is 11.3 Å². The molecule has 1 saturated heterocycles. The van der Waals surface area contributed by atoms with Crippen molar-refractivity contribution in [3.63, 3.8) is 0 Å². The lowest BCUT2D eigenvalue weighted by Gasteiger charge is -2.38. The standard InChI is InChI=1S/C16H28N2S/c1-4-9-17-14-7-5-10-18(12-14)13-16(2,3)15-8-6-11-19-15/h6,8,11,14,17H,4-5,7,9-10,12-13H2,1-3H3. The monoisotopic (exact) mass is 280 g/mol. The second-order valence-corrected chi connectivity index (χ2v) is 7.34. The van der Waals surface area contributed by atoms with Gasteiger partial charge in [0.15, 0.2) is 0 Å². The Bertz CT molecular complexity index is 359. The van der Waals surface area contributed by atoms with E-state index < -0.39 is 0 Å². The predicted octanol–water partition coefficient (Wildman–Crippen LogP) is 3.49. The first-order valence-corrected chi connectivity index (χ1v) is 8.49. The van der Waals surface area contributed by atoms with E-state index in [0.29, 0.717) is 6.04 Å². The molecule has 0 bridgehead atoms. The van der Waals surface area contributed by atoms with Gasteiger partial charge in [-0.25, -0.2) is 0 Å². The summed E-state index contributed by atoms with van der Waals surface area (Å²) in [7, 11) is 0. The van der Waals surface area contributed by atoms with Crippen LogP contribution in [-0.2, 0) is 5.41 Å². The molecule has 1 aliphatic rings. The summed E-state index contributed by atoms with van der Waals surface area (Å²) in [6, 6.07) is 5.15. The zero-order valence-corrected chi connectivity index (χ0v) is 13.4. The van der Waals surface area contributed by atoms with Crippen LogP contribution in [-0.4, -0.2) is 37.1 Å². The lowest BCUT2D eigenvalue weighted by molar-refractivity contribution is 0.162. The average Bonchev–Trinajstić information content (AvgIpc) is 2.91. The highest BCUT2D eigenvalue weighted by molar-refractivity contribution is 7.10. The Hall–Kier alpha value is -0.380. The van der Waals surface area contributed by atoms with Crippen LogP contribution >= 0.6 is 11.3 Å². The lowest BCUT2D eigenvalue weighted by atomic mass is 9.89. The molecule has 1 aromatic rings. The average molecular weight is 280 g/mol. The van der Waals surface area contributed by atoms with Gasteiger partial charge in [0.05, 0.1) is 0 Å². The van der Waals surface area contributed by atoms with Crippen LogP contribution in [0, 0.1) is 0 Å². The third kappa shape index (κ3) is 4.30. The van der Waals surface area contributed by atoms with Gasteiger partial charge in [-0.05, 0) is 43.8 Å².